The number of anilines is 2. The number of benzene rings is 2. The molecule has 0 saturated carbocycles. The third-order valence-corrected chi connectivity index (χ3v) is 8.00. The van der Waals surface area contributed by atoms with Crippen molar-refractivity contribution < 1.29 is 23.1 Å². The summed E-state index contributed by atoms with van der Waals surface area (Å²) < 4.78 is 29.9. The summed E-state index contributed by atoms with van der Waals surface area (Å²) >= 11 is 1.18. The summed E-state index contributed by atoms with van der Waals surface area (Å²) in [4.78, 5) is 22.3. The van der Waals surface area contributed by atoms with Crippen molar-refractivity contribution >= 4 is 48.9 Å². The summed E-state index contributed by atoms with van der Waals surface area (Å²) in [7, 11) is -3.46. The topological polar surface area (TPSA) is 118 Å². The highest BCUT2D eigenvalue weighted by Crippen LogP contribution is 2.37. The fraction of sp³-hybridized carbons (Fsp3) is 0.174. The quantitative estimate of drug-likeness (QED) is 0.289. The standard InChI is InChI=1S/C23H21N3O5S2/c1-3-33(29,30)16-9-10-18(27)17(11-16)26-21-19-14(2)20(32-22(19)25-13-24-21)23(28)31-12-15-7-5-4-6-8-15/h4-11,13,27H,3,12H2,1-2H3,(H,24,25,26). The zero-order valence-electron chi connectivity index (χ0n) is 17.9. The van der Waals surface area contributed by atoms with E-state index in [9.17, 15) is 18.3 Å². The monoisotopic (exact) mass is 483 g/mol. The Morgan fingerprint density at radius 3 is 2.64 bits per heavy atom. The lowest BCUT2D eigenvalue weighted by atomic mass is 10.2. The number of sulfone groups is 1. The van der Waals surface area contributed by atoms with Gasteiger partial charge in [0.25, 0.3) is 0 Å². The van der Waals surface area contributed by atoms with Crippen molar-refractivity contribution in [1.29, 1.82) is 0 Å². The molecular formula is C23H21N3O5S2. The van der Waals surface area contributed by atoms with Crippen molar-refractivity contribution in [2.75, 3.05) is 11.1 Å². The van der Waals surface area contributed by atoms with Gasteiger partial charge < -0.3 is 15.2 Å². The molecule has 4 rings (SSSR count). The Labute approximate surface area is 194 Å². The van der Waals surface area contributed by atoms with Gasteiger partial charge in [0.05, 0.1) is 21.7 Å². The maximum Gasteiger partial charge on any atom is 0.349 e. The van der Waals surface area contributed by atoms with E-state index in [1.54, 1.807) is 13.8 Å². The van der Waals surface area contributed by atoms with E-state index in [0.717, 1.165) is 5.56 Å². The van der Waals surface area contributed by atoms with Gasteiger partial charge in [-0.2, -0.15) is 0 Å². The van der Waals surface area contributed by atoms with Crippen LogP contribution in [0.2, 0.25) is 0 Å². The molecule has 2 aromatic heterocycles. The molecule has 10 heteroatoms. The third kappa shape index (κ3) is 4.67. The smallest absolute Gasteiger partial charge is 0.349 e. The summed E-state index contributed by atoms with van der Waals surface area (Å²) in [6.07, 6.45) is 1.34. The SMILES string of the molecule is CCS(=O)(=O)c1ccc(O)c(Nc2ncnc3sc(C(=O)OCc4ccccc4)c(C)c23)c1. The van der Waals surface area contributed by atoms with Gasteiger partial charge in [-0.05, 0) is 36.2 Å². The van der Waals surface area contributed by atoms with Gasteiger partial charge in [0.2, 0.25) is 0 Å². The number of rotatable bonds is 7. The van der Waals surface area contributed by atoms with Crippen LogP contribution in [0.4, 0.5) is 11.5 Å². The van der Waals surface area contributed by atoms with E-state index in [2.05, 4.69) is 15.3 Å². The maximum absolute atomic E-state index is 12.7. The number of phenolic OH excluding ortho intramolecular Hbond substituents is 1. The molecule has 0 amide bonds. The molecule has 0 aliphatic heterocycles. The van der Waals surface area contributed by atoms with E-state index in [1.165, 1.54) is 35.9 Å². The van der Waals surface area contributed by atoms with Crippen LogP contribution in [-0.2, 0) is 21.2 Å². The van der Waals surface area contributed by atoms with Crippen LogP contribution in [0.5, 0.6) is 5.75 Å². The highest BCUT2D eigenvalue weighted by Gasteiger charge is 2.22. The first kappa shape index (κ1) is 22.7. The number of carbonyl (C=O) groups is 1. The molecule has 0 unspecified atom stereocenters. The minimum absolute atomic E-state index is 0.0624. The number of esters is 1. The van der Waals surface area contributed by atoms with E-state index >= 15 is 0 Å². The molecule has 2 aromatic carbocycles. The molecule has 0 bridgehead atoms. The lowest BCUT2D eigenvalue weighted by Crippen LogP contribution is -2.05. The number of ether oxygens (including phenoxy) is 1. The van der Waals surface area contributed by atoms with Gasteiger partial charge in [0.15, 0.2) is 9.84 Å². The average molecular weight is 484 g/mol. The summed E-state index contributed by atoms with van der Waals surface area (Å²) in [5.41, 5.74) is 1.69. The number of nitrogens with one attached hydrogen (secondary N) is 1. The third-order valence-electron chi connectivity index (χ3n) is 5.09. The number of aryl methyl sites for hydroxylation is 1. The number of hydrogen-bond donors (Lipinski definition) is 2. The van der Waals surface area contributed by atoms with E-state index in [1.807, 2.05) is 30.3 Å². The van der Waals surface area contributed by atoms with Gasteiger partial charge in [-0.3, -0.25) is 0 Å². The van der Waals surface area contributed by atoms with E-state index in [4.69, 9.17) is 4.74 Å². The predicted octanol–water partition coefficient (Wildman–Crippen LogP) is 4.60. The van der Waals surface area contributed by atoms with Crippen molar-refractivity contribution in [2.45, 2.75) is 25.3 Å². The molecule has 8 nitrogen and oxygen atoms in total. The average Bonchev–Trinajstić information content (AvgIpc) is 3.17. The lowest BCUT2D eigenvalue weighted by Gasteiger charge is -2.11. The van der Waals surface area contributed by atoms with Crippen LogP contribution in [0, 0.1) is 6.92 Å². The predicted molar refractivity (Wildman–Crippen MR) is 127 cm³/mol. The number of hydrogen-bond acceptors (Lipinski definition) is 9. The molecule has 0 saturated heterocycles. The van der Waals surface area contributed by atoms with Crippen LogP contribution >= 0.6 is 11.3 Å². The van der Waals surface area contributed by atoms with E-state index in [-0.39, 0.29) is 28.7 Å². The Balaban J connectivity index is 1.66. The molecule has 2 heterocycles. The van der Waals surface area contributed by atoms with Gasteiger partial charge in [-0.1, -0.05) is 37.3 Å². The van der Waals surface area contributed by atoms with Crippen LogP contribution in [0.15, 0.2) is 59.8 Å². The number of thiophene rings is 1. The van der Waals surface area contributed by atoms with Crippen molar-refractivity contribution in [2.24, 2.45) is 0 Å². The van der Waals surface area contributed by atoms with E-state index < -0.39 is 15.8 Å². The van der Waals surface area contributed by atoms with Gasteiger partial charge in [-0.25, -0.2) is 23.2 Å². The van der Waals surface area contributed by atoms with Crippen molar-refractivity contribution in [3.05, 3.63) is 70.9 Å². The second kappa shape index (κ2) is 9.16. The van der Waals surface area contributed by atoms with Gasteiger partial charge in [0.1, 0.15) is 34.2 Å². The highest BCUT2D eigenvalue weighted by molar-refractivity contribution is 7.91. The van der Waals surface area contributed by atoms with Crippen molar-refractivity contribution in [1.82, 2.24) is 9.97 Å². The number of carbonyl (C=O) groups excluding carboxylic acids is 1. The number of aromatic nitrogens is 2. The van der Waals surface area contributed by atoms with E-state index in [0.29, 0.717) is 26.5 Å². The number of phenols is 1. The summed E-state index contributed by atoms with van der Waals surface area (Å²) in [6, 6.07) is 13.4. The molecule has 0 fully saturated rings. The Morgan fingerprint density at radius 1 is 1.15 bits per heavy atom. The summed E-state index contributed by atoms with van der Waals surface area (Å²) in [5.74, 6) is -0.318. The van der Waals surface area contributed by atoms with Crippen LogP contribution in [-0.4, -0.2) is 35.2 Å². The van der Waals surface area contributed by atoms with Crippen LogP contribution < -0.4 is 5.32 Å². The summed E-state index contributed by atoms with van der Waals surface area (Å²) in [5, 5.41) is 13.9. The number of nitrogens with zero attached hydrogens (tertiary/aromatic N) is 2. The maximum atomic E-state index is 12.7. The molecular weight excluding hydrogens is 462 g/mol. The Morgan fingerprint density at radius 2 is 1.91 bits per heavy atom. The first-order chi connectivity index (χ1) is 15.8. The number of fused-ring (bicyclic) bond motifs is 1. The van der Waals surface area contributed by atoms with Gasteiger partial charge >= 0.3 is 5.97 Å². The number of aromatic hydroxyl groups is 1. The van der Waals surface area contributed by atoms with Crippen LogP contribution in [0.3, 0.4) is 0 Å². The molecule has 4 aromatic rings. The van der Waals surface area contributed by atoms with Gasteiger partial charge in [-0.15, -0.1) is 11.3 Å². The Kier molecular flexibility index (Phi) is 6.30. The molecule has 170 valence electrons. The van der Waals surface area contributed by atoms with Crippen LogP contribution in [0.1, 0.15) is 27.7 Å². The van der Waals surface area contributed by atoms with Crippen LogP contribution in [0.25, 0.3) is 10.2 Å². The van der Waals surface area contributed by atoms with Crippen molar-refractivity contribution in [3.8, 4) is 5.75 Å². The zero-order chi connectivity index (χ0) is 23.6. The second-order valence-corrected chi connectivity index (χ2v) is 10.5. The first-order valence-corrected chi connectivity index (χ1v) is 12.5. The molecule has 0 aliphatic carbocycles. The largest absolute Gasteiger partial charge is 0.506 e. The molecule has 2 N–H and O–H groups in total. The minimum Gasteiger partial charge on any atom is -0.506 e. The molecule has 0 radical (unpaired) electrons. The van der Waals surface area contributed by atoms with Gasteiger partial charge in [0, 0.05) is 0 Å². The Bertz CT molecular complexity index is 1430. The normalized spacial score (nSPS) is 11.5. The minimum atomic E-state index is -3.46. The molecule has 0 spiro atoms. The van der Waals surface area contributed by atoms with Crippen molar-refractivity contribution in [3.63, 3.8) is 0 Å². The molecule has 33 heavy (non-hydrogen) atoms. The molecule has 0 atom stereocenters. The molecule has 0 aliphatic rings. The fourth-order valence-corrected chi connectivity index (χ4v) is 5.20. The summed E-state index contributed by atoms with van der Waals surface area (Å²) in [6.45, 7) is 3.47. The fourth-order valence-electron chi connectivity index (χ4n) is 3.25. The second-order valence-electron chi connectivity index (χ2n) is 7.23. The zero-order valence-corrected chi connectivity index (χ0v) is 19.5. The lowest BCUT2D eigenvalue weighted by molar-refractivity contribution is 0.0478. The highest BCUT2D eigenvalue weighted by atomic mass is 32.2. The Hall–Kier alpha value is -3.50. The first-order valence-electron chi connectivity index (χ1n) is 10.1.